The van der Waals surface area contributed by atoms with Crippen molar-refractivity contribution in [1.29, 1.82) is 0 Å². The number of nitrogens with two attached hydrogens (primary N) is 1. The summed E-state index contributed by atoms with van der Waals surface area (Å²) in [4.78, 5) is 0. The minimum Gasteiger partial charge on any atom is -0.398 e. The van der Waals surface area contributed by atoms with Gasteiger partial charge >= 0.3 is 0 Å². The van der Waals surface area contributed by atoms with Crippen molar-refractivity contribution < 1.29 is 8.42 Å². The summed E-state index contributed by atoms with van der Waals surface area (Å²) in [6.07, 6.45) is 0. The van der Waals surface area contributed by atoms with E-state index in [2.05, 4.69) is 20.7 Å². The highest BCUT2D eigenvalue weighted by Gasteiger charge is 2.17. The van der Waals surface area contributed by atoms with Gasteiger partial charge in [0.05, 0.1) is 21.5 Å². The van der Waals surface area contributed by atoms with Gasteiger partial charge in [-0.2, -0.15) is 0 Å². The molecule has 0 radical (unpaired) electrons. The van der Waals surface area contributed by atoms with Gasteiger partial charge in [-0.05, 0) is 39.7 Å². The molecule has 21 heavy (non-hydrogen) atoms. The molecule has 0 unspecified atom stereocenters. The fourth-order valence-electron chi connectivity index (χ4n) is 1.68. The van der Waals surface area contributed by atoms with Gasteiger partial charge < -0.3 is 5.73 Å². The molecule has 0 aliphatic rings. The topological polar surface area (TPSA) is 72.2 Å². The number of sulfonamides is 1. The zero-order chi connectivity index (χ0) is 15.6. The van der Waals surface area contributed by atoms with Crippen LogP contribution < -0.4 is 10.5 Å². The van der Waals surface area contributed by atoms with Gasteiger partial charge in [0.25, 0.3) is 0 Å². The van der Waals surface area contributed by atoms with Crippen molar-refractivity contribution in [2.75, 3.05) is 10.5 Å². The average Bonchev–Trinajstić information content (AvgIpc) is 2.42. The fourth-order valence-corrected chi connectivity index (χ4v) is 3.81. The SMILES string of the molecule is Nc1ccccc1CS(=O)(=O)Nc1ccc(Br)c(Cl)c1Cl. The highest BCUT2D eigenvalue weighted by molar-refractivity contribution is 9.10. The lowest BCUT2D eigenvalue weighted by Crippen LogP contribution is -2.16. The summed E-state index contributed by atoms with van der Waals surface area (Å²) >= 11 is 15.2. The fraction of sp³-hybridized carbons (Fsp3) is 0.0769. The number of nitrogens with one attached hydrogen (secondary N) is 1. The van der Waals surface area contributed by atoms with Crippen LogP contribution in [-0.2, 0) is 15.8 Å². The maximum atomic E-state index is 12.2. The van der Waals surface area contributed by atoms with E-state index in [1.54, 1.807) is 30.3 Å². The van der Waals surface area contributed by atoms with Crippen LogP contribution in [0.25, 0.3) is 0 Å². The predicted octanol–water partition coefficient (Wildman–Crippen LogP) is 4.28. The Morgan fingerprint density at radius 2 is 1.76 bits per heavy atom. The molecule has 0 fully saturated rings. The molecule has 0 bridgehead atoms. The number of nitrogen functional groups attached to an aromatic ring is 1. The molecule has 8 heteroatoms. The molecule has 0 saturated heterocycles. The molecule has 0 aliphatic heterocycles. The van der Waals surface area contributed by atoms with Crippen LogP contribution in [0.5, 0.6) is 0 Å². The van der Waals surface area contributed by atoms with Crippen molar-refractivity contribution in [3.8, 4) is 0 Å². The van der Waals surface area contributed by atoms with E-state index in [0.29, 0.717) is 15.7 Å². The van der Waals surface area contributed by atoms with Crippen LogP contribution in [0.1, 0.15) is 5.56 Å². The Kier molecular flexibility index (Phi) is 5.03. The Balaban J connectivity index is 2.27. The molecule has 0 aromatic heterocycles. The van der Waals surface area contributed by atoms with E-state index in [1.165, 1.54) is 6.07 Å². The van der Waals surface area contributed by atoms with Gasteiger partial charge in [0.15, 0.2) is 0 Å². The van der Waals surface area contributed by atoms with Crippen molar-refractivity contribution in [3.05, 3.63) is 56.5 Å². The summed E-state index contributed by atoms with van der Waals surface area (Å²) in [5.41, 5.74) is 6.91. The third kappa shape index (κ3) is 4.03. The van der Waals surface area contributed by atoms with E-state index in [4.69, 9.17) is 28.9 Å². The van der Waals surface area contributed by atoms with E-state index < -0.39 is 10.0 Å². The smallest absolute Gasteiger partial charge is 0.237 e. The van der Waals surface area contributed by atoms with Crippen LogP contribution in [0.2, 0.25) is 10.0 Å². The molecule has 0 amide bonds. The Labute approximate surface area is 141 Å². The maximum Gasteiger partial charge on any atom is 0.237 e. The maximum absolute atomic E-state index is 12.2. The minimum absolute atomic E-state index is 0.135. The second kappa shape index (κ2) is 6.44. The van der Waals surface area contributed by atoms with Crippen LogP contribution in [0.3, 0.4) is 0 Å². The van der Waals surface area contributed by atoms with Crippen molar-refractivity contribution in [2.24, 2.45) is 0 Å². The number of anilines is 2. The zero-order valence-corrected chi connectivity index (χ0v) is 14.5. The van der Waals surface area contributed by atoms with Crippen LogP contribution in [0.4, 0.5) is 11.4 Å². The van der Waals surface area contributed by atoms with E-state index in [-0.39, 0.29) is 21.5 Å². The van der Waals surface area contributed by atoms with Crippen molar-refractivity contribution in [1.82, 2.24) is 0 Å². The van der Waals surface area contributed by atoms with Gasteiger partial charge in [-0.3, -0.25) is 4.72 Å². The largest absolute Gasteiger partial charge is 0.398 e. The summed E-state index contributed by atoms with van der Waals surface area (Å²) in [5.74, 6) is -0.246. The molecular weight excluding hydrogens is 399 g/mol. The predicted molar refractivity (Wildman–Crippen MR) is 91.3 cm³/mol. The molecule has 4 nitrogen and oxygen atoms in total. The van der Waals surface area contributed by atoms with Crippen molar-refractivity contribution in [3.63, 3.8) is 0 Å². The van der Waals surface area contributed by atoms with Crippen LogP contribution in [0.15, 0.2) is 40.9 Å². The third-order valence-electron chi connectivity index (χ3n) is 2.70. The van der Waals surface area contributed by atoms with Crippen molar-refractivity contribution in [2.45, 2.75) is 5.75 Å². The van der Waals surface area contributed by atoms with Gasteiger partial charge in [-0.15, -0.1) is 0 Å². The highest BCUT2D eigenvalue weighted by atomic mass is 79.9. The number of benzene rings is 2. The molecule has 3 N–H and O–H groups in total. The van der Waals surface area contributed by atoms with Gasteiger partial charge in [-0.1, -0.05) is 41.4 Å². The quantitative estimate of drug-likeness (QED) is 0.584. The second-order valence-electron chi connectivity index (χ2n) is 4.28. The van der Waals surface area contributed by atoms with Crippen LogP contribution in [-0.4, -0.2) is 8.42 Å². The lowest BCUT2D eigenvalue weighted by atomic mass is 10.2. The average molecular weight is 410 g/mol. The molecule has 0 saturated carbocycles. The van der Waals surface area contributed by atoms with E-state index in [0.717, 1.165) is 0 Å². The summed E-state index contributed by atoms with van der Waals surface area (Å²) in [6, 6.07) is 9.92. The Morgan fingerprint density at radius 3 is 2.43 bits per heavy atom. The van der Waals surface area contributed by atoms with Gasteiger partial charge in [0.1, 0.15) is 0 Å². The molecule has 0 atom stereocenters. The van der Waals surface area contributed by atoms with Crippen molar-refractivity contribution >= 4 is 60.5 Å². The summed E-state index contributed by atoms with van der Waals surface area (Å²) in [6.45, 7) is 0. The van der Waals surface area contributed by atoms with E-state index in [1.807, 2.05) is 0 Å². The molecule has 2 aromatic carbocycles. The molecule has 0 spiro atoms. The minimum atomic E-state index is -3.65. The first kappa shape index (κ1) is 16.4. The van der Waals surface area contributed by atoms with Gasteiger partial charge in [0.2, 0.25) is 10.0 Å². The number of halogens is 3. The molecule has 2 rings (SSSR count). The van der Waals surface area contributed by atoms with Crippen LogP contribution in [0, 0.1) is 0 Å². The van der Waals surface area contributed by atoms with Crippen LogP contribution >= 0.6 is 39.1 Å². The van der Waals surface area contributed by atoms with Gasteiger partial charge in [0, 0.05) is 10.2 Å². The monoisotopic (exact) mass is 408 g/mol. The molecule has 0 aliphatic carbocycles. The Morgan fingerprint density at radius 1 is 1.10 bits per heavy atom. The highest BCUT2D eigenvalue weighted by Crippen LogP contribution is 2.36. The summed E-state index contributed by atoms with van der Waals surface area (Å²) in [5, 5.41) is 0.381. The zero-order valence-electron chi connectivity index (χ0n) is 10.6. The van der Waals surface area contributed by atoms with E-state index >= 15 is 0 Å². The molecular formula is C13H11BrCl2N2O2S. The lowest BCUT2D eigenvalue weighted by Gasteiger charge is -2.12. The molecule has 112 valence electrons. The Hall–Kier alpha value is -0.950. The number of hydrogen-bond acceptors (Lipinski definition) is 3. The molecule has 0 heterocycles. The first-order valence-corrected chi connectivity index (χ1v) is 8.97. The lowest BCUT2D eigenvalue weighted by molar-refractivity contribution is 0.600. The number of hydrogen-bond donors (Lipinski definition) is 2. The first-order valence-electron chi connectivity index (χ1n) is 5.77. The Bertz CT molecular complexity index is 782. The van der Waals surface area contributed by atoms with Gasteiger partial charge in [-0.25, -0.2) is 8.42 Å². The number of para-hydroxylation sites is 1. The summed E-state index contributed by atoms with van der Waals surface area (Å²) < 4.78 is 27.4. The standard InChI is InChI=1S/C13H11BrCl2N2O2S/c14-9-5-6-11(13(16)12(9)15)18-21(19,20)7-8-3-1-2-4-10(8)17/h1-6,18H,7,17H2. The second-order valence-corrected chi connectivity index (χ2v) is 7.62. The number of rotatable bonds is 4. The third-order valence-corrected chi connectivity index (χ3v) is 5.69. The summed E-state index contributed by atoms with van der Waals surface area (Å²) in [7, 11) is -3.65. The van der Waals surface area contributed by atoms with E-state index in [9.17, 15) is 8.42 Å². The first-order chi connectivity index (χ1) is 9.80. The normalized spacial score (nSPS) is 11.4. The molecule has 2 aromatic rings.